The topological polar surface area (TPSA) is 75.2 Å². The second-order valence-electron chi connectivity index (χ2n) is 6.98. The SMILES string of the molecule is CCc1ccccc1N1CC(C(=O)Nc2nnc(CC(C)C)s2)CC1=O. The lowest BCUT2D eigenvalue weighted by Gasteiger charge is -2.19. The molecule has 0 saturated carbocycles. The first-order valence-electron chi connectivity index (χ1n) is 8.99. The summed E-state index contributed by atoms with van der Waals surface area (Å²) in [6.45, 7) is 6.70. The summed E-state index contributed by atoms with van der Waals surface area (Å²) < 4.78 is 0. The van der Waals surface area contributed by atoms with Gasteiger partial charge in [-0.3, -0.25) is 9.59 Å². The minimum absolute atomic E-state index is 0.0104. The zero-order chi connectivity index (χ0) is 18.7. The molecule has 2 amide bonds. The molecule has 1 saturated heterocycles. The second kappa shape index (κ2) is 7.95. The van der Waals surface area contributed by atoms with Crippen LogP contribution >= 0.6 is 11.3 Å². The Labute approximate surface area is 157 Å². The summed E-state index contributed by atoms with van der Waals surface area (Å²) in [5.41, 5.74) is 2.02. The molecule has 1 unspecified atom stereocenters. The van der Waals surface area contributed by atoms with Crippen LogP contribution in [0.2, 0.25) is 0 Å². The zero-order valence-corrected chi connectivity index (χ0v) is 16.2. The van der Waals surface area contributed by atoms with E-state index in [2.05, 4.69) is 36.3 Å². The van der Waals surface area contributed by atoms with Gasteiger partial charge in [-0.1, -0.05) is 50.3 Å². The monoisotopic (exact) mass is 372 g/mol. The fourth-order valence-corrected chi connectivity index (χ4v) is 4.09. The van der Waals surface area contributed by atoms with Crippen LogP contribution in [0, 0.1) is 11.8 Å². The number of amides is 2. The van der Waals surface area contributed by atoms with Gasteiger partial charge in [0, 0.05) is 25.1 Å². The van der Waals surface area contributed by atoms with Crippen LogP contribution in [0.3, 0.4) is 0 Å². The fourth-order valence-electron chi connectivity index (χ4n) is 3.13. The molecule has 0 spiro atoms. The van der Waals surface area contributed by atoms with Crippen molar-refractivity contribution < 1.29 is 9.59 Å². The highest BCUT2D eigenvalue weighted by molar-refractivity contribution is 7.15. The molecule has 6 nitrogen and oxygen atoms in total. The molecule has 1 aromatic heterocycles. The molecule has 1 N–H and O–H groups in total. The van der Waals surface area contributed by atoms with Crippen LogP contribution in [-0.2, 0) is 22.4 Å². The molecule has 2 heterocycles. The molecular weight excluding hydrogens is 348 g/mol. The van der Waals surface area contributed by atoms with E-state index in [1.165, 1.54) is 11.3 Å². The summed E-state index contributed by atoms with van der Waals surface area (Å²) >= 11 is 1.40. The van der Waals surface area contributed by atoms with Crippen molar-refractivity contribution in [1.82, 2.24) is 10.2 Å². The average Bonchev–Trinajstić information content (AvgIpc) is 3.20. The van der Waals surface area contributed by atoms with Gasteiger partial charge in [0.1, 0.15) is 5.01 Å². The summed E-state index contributed by atoms with van der Waals surface area (Å²) in [6.07, 6.45) is 1.92. The maximum absolute atomic E-state index is 12.6. The van der Waals surface area contributed by atoms with E-state index >= 15 is 0 Å². The molecule has 1 aliphatic heterocycles. The Morgan fingerprint density at radius 1 is 1.35 bits per heavy atom. The highest BCUT2D eigenvalue weighted by Gasteiger charge is 2.36. The molecule has 1 fully saturated rings. The third-order valence-electron chi connectivity index (χ3n) is 4.44. The van der Waals surface area contributed by atoms with Crippen molar-refractivity contribution in [3.8, 4) is 0 Å². The van der Waals surface area contributed by atoms with Crippen LogP contribution in [0.5, 0.6) is 0 Å². The molecule has 138 valence electrons. The van der Waals surface area contributed by atoms with Crippen molar-refractivity contribution in [2.45, 2.75) is 40.0 Å². The van der Waals surface area contributed by atoms with Crippen LogP contribution in [0.4, 0.5) is 10.8 Å². The molecule has 7 heteroatoms. The highest BCUT2D eigenvalue weighted by atomic mass is 32.1. The van der Waals surface area contributed by atoms with E-state index in [1.807, 2.05) is 24.3 Å². The van der Waals surface area contributed by atoms with Gasteiger partial charge in [-0.15, -0.1) is 10.2 Å². The number of carbonyl (C=O) groups excluding carboxylic acids is 2. The fraction of sp³-hybridized carbons (Fsp3) is 0.474. The average molecular weight is 372 g/mol. The Bertz CT molecular complexity index is 802. The predicted octanol–water partition coefficient (Wildman–Crippen LogP) is 3.29. The largest absolute Gasteiger partial charge is 0.311 e. The van der Waals surface area contributed by atoms with Crippen molar-refractivity contribution in [3.05, 3.63) is 34.8 Å². The number of aryl methyl sites for hydroxylation is 1. The van der Waals surface area contributed by atoms with E-state index in [-0.39, 0.29) is 24.2 Å². The van der Waals surface area contributed by atoms with Crippen LogP contribution in [0.25, 0.3) is 0 Å². The Morgan fingerprint density at radius 2 is 2.12 bits per heavy atom. The standard InChI is InChI=1S/C19H24N4O2S/c1-4-13-7-5-6-8-15(13)23-11-14(10-17(23)24)18(25)20-19-22-21-16(26-19)9-12(2)3/h5-8,12,14H,4,9-11H2,1-3H3,(H,20,22,25). The van der Waals surface area contributed by atoms with E-state index in [0.29, 0.717) is 17.6 Å². The van der Waals surface area contributed by atoms with Gasteiger partial charge in [0.2, 0.25) is 16.9 Å². The van der Waals surface area contributed by atoms with E-state index in [0.717, 1.165) is 29.1 Å². The zero-order valence-electron chi connectivity index (χ0n) is 15.4. The number of aromatic nitrogens is 2. The van der Waals surface area contributed by atoms with Gasteiger partial charge in [-0.2, -0.15) is 0 Å². The molecule has 1 aliphatic rings. The smallest absolute Gasteiger partial charge is 0.231 e. The molecule has 1 atom stereocenters. The van der Waals surface area contributed by atoms with Crippen LogP contribution in [0.15, 0.2) is 24.3 Å². The first-order valence-corrected chi connectivity index (χ1v) is 9.81. The first-order chi connectivity index (χ1) is 12.5. The van der Waals surface area contributed by atoms with Crippen molar-refractivity contribution in [1.29, 1.82) is 0 Å². The van der Waals surface area contributed by atoms with Gasteiger partial charge in [-0.25, -0.2) is 0 Å². The van der Waals surface area contributed by atoms with Crippen LogP contribution in [0.1, 0.15) is 37.8 Å². The number of hydrogen-bond donors (Lipinski definition) is 1. The van der Waals surface area contributed by atoms with Crippen molar-refractivity contribution in [2.24, 2.45) is 11.8 Å². The van der Waals surface area contributed by atoms with E-state index in [1.54, 1.807) is 4.90 Å². The number of anilines is 2. The molecule has 1 aromatic carbocycles. The van der Waals surface area contributed by atoms with Crippen molar-refractivity contribution in [2.75, 3.05) is 16.8 Å². The quantitative estimate of drug-likeness (QED) is 0.844. The summed E-state index contributed by atoms with van der Waals surface area (Å²) in [4.78, 5) is 26.8. The lowest BCUT2D eigenvalue weighted by molar-refractivity contribution is -0.122. The van der Waals surface area contributed by atoms with Crippen molar-refractivity contribution in [3.63, 3.8) is 0 Å². The summed E-state index contributed by atoms with van der Waals surface area (Å²) in [7, 11) is 0. The Hall–Kier alpha value is -2.28. The maximum atomic E-state index is 12.6. The summed E-state index contributed by atoms with van der Waals surface area (Å²) in [5, 5.41) is 12.4. The van der Waals surface area contributed by atoms with E-state index in [9.17, 15) is 9.59 Å². The number of para-hydroxylation sites is 1. The molecule has 0 bridgehead atoms. The normalized spacial score (nSPS) is 17.2. The number of benzene rings is 1. The Morgan fingerprint density at radius 3 is 2.85 bits per heavy atom. The van der Waals surface area contributed by atoms with Gasteiger partial charge in [-0.05, 0) is 24.0 Å². The predicted molar refractivity (Wildman–Crippen MR) is 103 cm³/mol. The number of nitrogens with one attached hydrogen (secondary N) is 1. The highest BCUT2D eigenvalue weighted by Crippen LogP contribution is 2.29. The van der Waals surface area contributed by atoms with Gasteiger partial charge in [0.05, 0.1) is 5.92 Å². The van der Waals surface area contributed by atoms with Crippen LogP contribution < -0.4 is 10.2 Å². The minimum Gasteiger partial charge on any atom is -0.311 e. The lowest BCUT2D eigenvalue weighted by Crippen LogP contribution is -2.28. The molecule has 0 aliphatic carbocycles. The maximum Gasteiger partial charge on any atom is 0.231 e. The van der Waals surface area contributed by atoms with Gasteiger partial charge in [0.15, 0.2) is 0 Å². The molecule has 2 aromatic rings. The third-order valence-corrected chi connectivity index (χ3v) is 5.30. The number of hydrogen-bond acceptors (Lipinski definition) is 5. The minimum atomic E-state index is -0.370. The third kappa shape index (κ3) is 4.09. The molecule has 3 rings (SSSR count). The number of nitrogens with zero attached hydrogens (tertiary/aromatic N) is 3. The molecular formula is C19H24N4O2S. The lowest BCUT2D eigenvalue weighted by atomic mass is 10.1. The number of carbonyl (C=O) groups is 2. The molecule has 0 radical (unpaired) electrons. The Kier molecular flexibility index (Phi) is 5.66. The van der Waals surface area contributed by atoms with Gasteiger partial charge >= 0.3 is 0 Å². The van der Waals surface area contributed by atoms with Gasteiger partial charge < -0.3 is 10.2 Å². The van der Waals surface area contributed by atoms with E-state index < -0.39 is 0 Å². The number of rotatable bonds is 6. The van der Waals surface area contributed by atoms with Crippen molar-refractivity contribution >= 4 is 34.0 Å². The van der Waals surface area contributed by atoms with E-state index in [4.69, 9.17) is 0 Å². The Balaban J connectivity index is 1.66. The van der Waals surface area contributed by atoms with Gasteiger partial charge in [0.25, 0.3) is 0 Å². The molecule has 26 heavy (non-hydrogen) atoms. The summed E-state index contributed by atoms with van der Waals surface area (Å²) in [5.74, 6) is -0.0538. The summed E-state index contributed by atoms with van der Waals surface area (Å²) in [6, 6.07) is 7.86. The second-order valence-corrected chi connectivity index (χ2v) is 8.04. The first kappa shape index (κ1) is 18.5. The van der Waals surface area contributed by atoms with Crippen LogP contribution in [-0.4, -0.2) is 28.6 Å².